The summed E-state index contributed by atoms with van der Waals surface area (Å²) in [5.41, 5.74) is 10.8. The van der Waals surface area contributed by atoms with Crippen LogP contribution in [-0.4, -0.2) is 150 Å². The fraction of sp³-hybridized carbons (Fsp3) is 0.167. The Morgan fingerprint density at radius 1 is 0.242 bits per heavy atom. The second kappa shape index (κ2) is 29.7. The molecule has 0 spiro atoms. The summed E-state index contributed by atoms with van der Waals surface area (Å²) in [7, 11) is 14.6. The molecule has 95 heavy (non-hydrogen) atoms. The molecule has 6 N–H and O–H groups in total. The van der Waals surface area contributed by atoms with Gasteiger partial charge in [-0.15, -0.1) is 0 Å². The highest BCUT2D eigenvalue weighted by molar-refractivity contribution is 7.49. The molecular formula is C72H75N12O10P. The fourth-order valence-electron chi connectivity index (χ4n) is 9.31. The summed E-state index contributed by atoms with van der Waals surface area (Å²) >= 11 is 0. The number of phosphoric ester groups is 1. The van der Waals surface area contributed by atoms with Crippen LogP contribution in [0, 0.1) is 0 Å². The predicted octanol–water partition coefficient (Wildman–Crippen LogP) is 15.9. The van der Waals surface area contributed by atoms with Crippen molar-refractivity contribution in [2.75, 3.05) is 116 Å². The van der Waals surface area contributed by atoms with E-state index in [0.29, 0.717) is 84.2 Å². The topological polar surface area (TPSA) is 239 Å². The number of carbonyl (C=O) groups is 6. The highest BCUT2D eigenvalue weighted by atomic mass is 31.2. The molecule has 23 heteroatoms. The molecule has 0 unspecified atom stereocenters. The van der Waals surface area contributed by atoms with Crippen molar-refractivity contribution < 1.29 is 46.9 Å². The molecule has 0 heterocycles. The quantitative estimate of drug-likeness (QED) is 0.0444. The maximum absolute atomic E-state index is 16.8. The minimum atomic E-state index is -5.11. The van der Waals surface area contributed by atoms with Gasteiger partial charge >= 0.3 is 44.0 Å². The Balaban J connectivity index is 1.23. The summed E-state index contributed by atoms with van der Waals surface area (Å²) in [6.07, 6.45) is 0. The number of phosphoric acid groups is 1. The molecular weight excluding hydrogens is 1220 g/mol. The third kappa shape index (κ3) is 17.4. The number of hydrogen-bond acceptors (Lipinski definition) is 10. The molecule has 0 fully saturated rings. The zero-order chi connectivity index (χ0) is 68.3. The summed E-state index contributed by atoms with van der Waals surface area (Å²) in [6.45, 7) is 0. The Morgan fingerprint density at radius 2 is 0.400 bits per heavy atom. The van der Waals surface area contributed by atoms with Crippen LogP contribution < -0.4 is 45.5 Å². The van der Waals surface area contributed by atoms with Gasteiger partial charge in [-0.1, -0.05) is 91.0 Å². The van der Waals surface area contributed by atoms with Crippen molar-refractivity contribution in [2.24, 2.45) is 0 Å². The first-order valence-corrected chi connectivity index (χ1v) is 31.4. The Kier molecular flexibility index (Phi) is 21.1. The molecule has 12 amide bonds. The number of anilines is 6. The van der Waals surface area contributed by atoms with Gasteiger partial charge in [-0.2, -0.15) is 4.57 Å². The van der Waals surface area contributed by atoms with E-state index in [9.17, 15) is 28.8 Å². The lowest BCUT2D eigenvalue weighted by atomic mass is 9.98. The summed E-state index contributed by atoms with van der Waals surface area (Å²) in [5.74, 6) is 0.203. The van der Waals surface area contributed by atoms with E-state index in [1.807, 2.05) is 54.6 Å². The van der Waals surface area contributed by atoms with E-state index in [0.717, 1.165) is 16.7 Å². The molecule has 0 aliphatic carbocycles. The number of rotatable bonds is 18. The molecule has 0 atom stereocenters. The van der Waals surface area contributed by atoms with Crippen molar-refractivity contribution in [3.8, 4) is 84.0 Å². The third-order valence-electron chi connectivity index (χ3n) is 14.8. The summed E-state index contributed by atoms with van der Waals surface area (Å²) in [4.78, 5) is 84.9. The lowest BCUT2D eigenvalue weighted by Gasteiger charge is -2.24. The van der Waals surface area contributed by atoms with Gasteiger partial charge in [0.2, 0.25) is 0 Å². The van der Waals surface area contributed by atoms with Gasteiger partial charge in [0.25, 0.3) is 0 Å². The lowest BCUT2D eigenvalue weighted by Crippen LogP contribution is -2.27. The van der Waals surface area contributed by atoms with Gasteiger partial charge in [0.05, 0.1) is 0 Å². The zero-order valence-corrected chi connectivity index (χ0v) is 55.7. The number of hydrogen-bond donors (Lipinski definition) is 6. The smallest absolute Gasteiger partial charge is 0.385 e. The first-order valence-electron chi connectivity index (χ1n) is 29.9. The van der Waals surface area contributed by atoms with Crippen molar-refractivity contribution in [1.82, 2.24) is 29.4 Å². The molecule has 0 saturated heterocycles. The average Bonchev–Trinajstić information content (AvgIpc) is 0.783. The van der Waals surface area contributed by atoms with E-state index in [1.165, 1.54) is 29.4 Å². The van der Waals surface area contributed by atoms with E-state index in [-0.39, 0.29) is 53.4 Å². The average molecular weight is 1300 g/mol. The van der Waals surface area contributed by atoms with Crippen molar-refractivity contribution in [1.29, 1.82) is 0 Å². The van der Waals surface area contributed by atoms with Crippen LogP contribution in [0.15, 0.2) is 200 Å². The van der Waals surface area contributed by atoms with Gasteiger partial charge in [0, 0.05) is 135 Å². The van der Waals surface area contributed by atoms with Crippen molar-refractivity contribution in [2.45, 2.75) is 0 Å². The van der Waals surface area contributed by atoms with Crippen molar-refractivity contribution in [3.63, 3.8) is 0 Å². The summed E-state index contributed by atoms with van der Waals surface area (Å²) in [6, 6.07) is 57.1. The highest BCUT2D eigenvalue weighted by Crippen LogP contribution is 2.56. The number of nitrogens with zero attached hydrogens (tertiary/aromatic N) is 6. The van der Waals surface area contributed by atoms with Crippen molar-refractivity contribution >= 4 is 78.1 Å². The van der Waals surface area contributed by atoms with Crippen LogP contribution in [0.1, 0.15) is 0 Å². The van der Waals surface area contributed by atoms with E-state index in [2.05, 4.69) is 31.9 Å². The van der Waals surface area contributed by atoms with Gasteiger partial charge in [-0.3, -0.25) is 0 Å². The second-order valence-electron chi connectivity index (χ2n) is 23.3. The Morgan fingerprint density at radius 3 is 0.568 bits per heavy atom. The molecule has 0 radical (unpaired) electrons. The highest BCUT2D eigenvalue weighted by Gasteiger charge is 2.37. The number of amides is 12. The van der Waals surface area contributed by atoms with E-state index < -0.39 is 7.82 Å². The van der Waals surface area contributed by atoms with E-state index >= 15 is 4.57 Å². The lowest BCUT2D eigenvalue weighted by molar-refractivity contribution is 0.230. The zero-order valence-electron chi connectivity index (χ0n) is 54.8. The second-order valence-corrected chi connectivity index (χ2v) is 24.7. The third-order valence-corrected chi connectivity index (χ3v) is 16.0. The maximum Gasteiger partial charge on any atom is 0.647 e. The fourth-order valence-corrected chi connectivity index (χ4v) is 10.6. The Hall–Kier alpha value is -11.8. The molecule has 488 valence electrons. The molecule has 9 rings (SSSR count). The van der Waals surface area contributed by atoms with Crippen molar-refractivity contribution in [3.05, 3.63) is 200 Å². The molecule has 0 aliphatic rings. The number of urea groups is 6. The van der Waals surface area contributed by atoms with E-state index in [4.69, 9.17) is 13.6 Å². The van der Waals surface area contributed by atoms with Crippen LogP contribution in [0.5, 0.6) is 17.2 Å². The number of nitrogens with one attached hydrogen (secondary N) is 6. The normalized spacial score (nSPS) is 10.8. The Labute approximate surface area is 552 Å². The largest absolute Gasteiger partial charge is 0.647 e. The minimum absolute atomic E-state index is 0.0678. The maximum atomic E-state index is 16.8. The van der Waals surface area contributed by atoms with Gasteiger partial charge in [0.15, 0.2) is 0 Å². The molecule has 0 aliphatic heterocycles. The molecule has 9 aromatic rings. The van der Waals surface area contributed by atoms with Crippen LogP contribution >= 0.6 is 7.82 Å². The molecule has 0 aromatic heterocycles. The molecule has 9 aromatic carbocycles. The SMILES string of the molecule is CN(C)C(=O)Nc1ccc(-c2ccc(OP(=O)(Oc3ccc(-c4ccc(NC(=O)N(C)C)cc4)cc3-c3ccc(NC(=O)N(C)C)cc3)Oc3ccc(-c4ccc(NC(=O)N(C)C)cc4)cc3-c3ccc(NC(=O)N(C)C)cc3)c(-c3ccc(NC(=O)N(C)C)cc3)c2)cc1. The minimum Gasteiger partial charge on any atom is -0.385 e. The molecule has 0 bridgehead atoms. The Bertz CT molecular complexity index is 3880. The molecule has 0 saturated carbocycles. The van der Waals surface area contributed by atoms with Crippen LogP contribution in [0.3, 0.4) is 0 Å². The number of carbonyl (C=O) groups excluding carboxylic acids is 6. The van der Waals surface area contributed by atoms with Crippen LogP contribution in [0.2, 0.25) is 0 Å². The van der Waals surface area contributed by atoms with Crippen LogP contribution in [-0.2, 0) is 4.57 Å². The van der Waals surface area contributed by atoms with Gasteiger partial charge < -0.3 is 74.9 Å². The van der Waals surface area contributed by atoms with Gasteiger partial charge in [0.1, 0.15) is 17.2 Å². The molecule has 22 nitrogen and oxygen atoms in total. The monoisotopic (exact) mass is 1300 g/mol. The van der Waals surface area contributed by atoms with Gasteiger partial charge in [-0.25, -0.2) is 28.8 Å². The van der Waals surface area contributed by atoms with Crippen LogP contribution in [0.25, 0.3) is 66.8 Å². The van der Waals surface area contributed by atoms with E-state index in [1.54, 1.807) is 230 Å². The number of benzene rings is 9. The summed E-state index contributed by atoms with van der Waals surface area (Å²) < 4.78 is 37.6. The van der Waals surface area contributed by atoms with Crippen LogP contribution in [0.4, 0.5) is 62.9 Å². The first-order chi connectivity index (χ1) is 45.3. The standard InChI is InChI=1S/C72H75N12O10P/c1-79(2)67(85)73-55-28-13-46(14-29-55)52-25-40-64(61(43-52)49-19-34-58(35-20-49)76-70(88)82(7)8)92-95(91,93-65-41-26-53(47-15-30-56(31-16-47)74-68(86)80(3)4)44-62(65)50-21-36-59(37-22-50)77-71(89)83(9)10)94-66-42-27-54(48-17-32-57(33-18-48)75-69(87)81(5)6)45-63(66)51-23-38-60(39-24-51)78-72(90)84(11)12/h13-45H,1-12H3,(H,73,85)(H,74,86)(H,75,87)(H,76,88)(H,77,89)(H,78,90). The predicted molar refractivity (Wildman–Crippen MR) is 378 cm³/mol. The summed E-state index contributed by atoms with van der Waals surface area (Å²) in [5, 5.41) is 17.2. The van der Waals surface area contributed by atoms with Gasteiger partial charge in [-0.05, 0) is 159 Å². The first kappa shape index (κ1) is 67.6.